The van der Waals surface area contributed by atoms with Crippen LogP contribution in [0.25, 0.3) is 0 Å². The molecule has 2 atom stereocenters. The van der Waals surface area contributed by atoms with E-state index in [2.05, 4.69) is 12.6 Å². The topological polar surface area (TPSA) is 0 Å². The molecule has 106 valence electrons. The quantitative estimate of drug-likeness (QED) is 0.583. The lowest BCUT2D eigenvalue weighted by Gasteiger charge is -2.20. The van der Waals surface area contributed by atoms with Gasteiger partial charge in [-0.3, -0.25) is 0 Å². The van der Waals surface area contributed by atoms with Crippen molar-refractivity contribution in [3.8, 4) is 0 Å². The van der Waals surface area contributed by atoms with Crippen molar-refractivity contribution in [2.24, 2.45) is 11.8 Å². The maximum Gasteiger partial charge on any atom is 0.00195 e. The van der Waals surface area contributed by atoms with Crippen molar-refractivity contribution in [3.63, 3.8) is 0 Å². The summed E-state index contributed by atoms with van der Waals surface area (Å²) in [6.45, 7) is 0. The molecule has 0 radical (unpaired) electrons. The van der Waals surface area contributed by atoms with Crippen molar-refractivity contribution in [1.82, 2.24) is 0 Å². The normalized spacial score (nSPS) is 33.2. The van der Waals surface area contributed by atoms with Crippen LogP contribution in [0.5, 0.6) is 0 Å². The van der Waals surface area contributed by atoms with Gasteiger partial charge in [0.2, 0.25) is 0 Å². The summed E-state index contributed by atoms with van der Waals surface area (Å²) >= 11 is 4.65. The van der Waals surface area contributed by atoms with E-state index in [0.717, 1.165) is 17.1 Å². The number of rotatable bonds is 2. The van der Waals surface area contributed by atoms with Gasteiger partial charge in [0.1, 0.15) is 0 Å². The zero-order valence-corrected chi connectivity index (χ0v) is 13.0. The second-order valence-corrected chi connectivity index (χ2v) is 7.57. The minimum atomic E-state index is 0.720. The molecule has 2 rings (SSSR count). The molecule has 0 amide bonds. The summed E-state index contributed by atoms with van der Waals surface area (Å²) < 4.78 is 0. The van der Waals surface area contributed by atoms with Crippen LogP contribution in [0.4, 0.5) is 0 Å². The second kappa shape index (κ2) is 8.51. The first-order valence-electron chi connectivity index (χ1n) is 8.52. The predicted molar refractivity (Wildman–Crippen MR) is 84.4 cm³/mol. The van der Waals surface area contributed by atoms with Gasteiger partial charge in [-0.25, -0.2) is 0 Å². The molecular formula is C17H32S. The highest BCUT2D eigenvalue weighted by molar-refractivity contribution is 7.80. The summed E-state index contributed by atoms with van der Waals surface area (Å²) in [6, 6.07) is 0. The summed E-state index contributed by atoms with van der Waals surface area (Å²) in [4.78, 5) is 0. The molecule has 0 aromatic heterocycles. The minimum Gasteiger partial charge on any atom is -0.176 e. The summed E-state index contributed by atoms with van der Waals surface area (Å²) in [5.74, 6) is 2.06. The molecule has 2 fully saturated rings. The van der Waals surface area contributed by atoms with Crippen molar-refractivity contribution in [2.75, 3.05) is 0 Å². The molecule has 1 heteroatoms. The van der Waals surface area contributed by atoms with Gasteiger partial charge in [-0.15, -0.1) is 0 Å². The smallest absolute Gasteiger partial charge is 0.00195 e. The fraction of sp³-hybridized carbons (Fsp3) is 1.00. The first-order chi connectivity index (χ1) is 8.84. The highest BCUT2D eigenvalue weighted by Gasteiger charge is 2.24. The minimum absolute atomic E-state index is 0.720. The molecule has 0 spiro atoms. The molecule has 0 aliphatic heterocycles. The van der Waals surface area contributed by atoms with Crippen molar-refractivity contribution in [1.29, 1.82) is 0 Å². The van der Waals surface area contributed by atoms with E-state index < -0.39 is 0 Å². The molecule has 0 N–H and O–H groups in total. The van der Waals surface area contributed by atoms with Crippen LogP contribution in [0.1, 0.15) is 89.9 Å². The van der Waals surface area contributed by atoms with E-state index in [1.807, 2.05) is 0 Å². The fourth-order valence-electron chi connectivity index (χ4n) is 4.04. The third kappa shape index (κ3) is 5.55. The molecule has 18 heavy (non-hydrogen) atoms. The first-order valence-corrected chi connectivity index (χ1v) is 9.04. The zero-order chi connectivity index (χ0) is 12.6. The largest absolute Gasteiger partial charge is 0.176 e. The summed E-state index contributed by atoms with van der Waals surface area (Å²) in [5.41, 5.74) is 0. The molecule has 2 saturated carbocycles. The Hall–Kier alpha value is 0.350. The van der Waals surface area contributed by atoms with Crippen molar-refractivity contribution >= 4 is 12.6 Å². The van der Waals surface area contributed by atoms with E-state index in [0.29, 0.717) is 0 Å². The molecule has 0 saturated heterocycles. The van der Waals surface area contributed by atoms with Crippen LogP contribution in [0.2, 0.25) is 0 Å². The molecule has 0 bridgehead atoms. The van der Waals surface area contributed by atoms with Crippen LogP contribution in [0.15, 0.2) is 0 Å². The van der Waals surface area contributed by atoms with E-state index in [1.165, 1.54) is 89.9 Å². The molecule has 0 nitrogen and oxygen atoms in total. The van der Waals surface area contributed by atoms with Gasteiger partial charge in [0.05, 0.1) is 0 Å². The summed E-state index contributed by atoms with van der Waals surface area (Å²) in [5, 5.41) is 0.720. The molecule has 0 aromatic carbocycles. The Kier molecular flexibility index (Phi) is 6.97. The third-order valence-electron chi connectivity index (χ3n) is 5.15. The van der Waals surface area contributed by atoms with Crippen molar-refractivity contribution in [2.45, 2.75) is 95.1 Å². The van der Waals surface area contributed by atoms with E-state index in [1.54, 1.807) is 0 Å². The Balaban J connectivity index is 1.72. The van der Waals surface area contributed by atoms with Gasteiger partial charge in [-0.2, -0.15) is 12.6 Å². The Morgan fingerprint density at radius 2 is 1.17 bits per heavy atom. The molecule has 2 unspecified atom stereocenters. The average molecular weight is 269 g/mol. The first kappa shape index (κ1) is 14.8. The Bertz CT molecular complexity index is 202. The zero-order valence-electron chi connectivity index (χ0n) is 12.1. The average Bonchev–Trinajstić information content (AvgIpc) is 2.73. The van der Waals surface area contributed by atoms with Crippen molar-refractivity contribution < 1.29 is 0 Å². The van der Waals surface area contributed by atoms with Gasteiger partial charge in [0.25, 0.3) is 0 Å². The highest BCUT2D eigenvalue weighted by Crippen LogP contribution is 2.36. The maximum atomic E-state index is 4.65. The van der Waals surface area contributed by atoms with Crippen LogP contribution in [0.3, 0.4) is 0 Å². The number of hydrogen-bond acceptors (Lipinski definition) is 1. The van der Waals surface area contributed by atoms with Gasteiger partial charge >= 0.3 is 0 Å². The Labute approximate surface area is 120 Å². The fourth-order valence-corrected chi connectivity index (χ4v) is 4.49. The van der Waals surface area contributed by atoms with Crippen LogP contribution < -0.4 is 0 Å². The monoisotopic (exact) mass is 268 g/mol. The number of hydrogen-bond donors (Lipinski definition) is 1. The lowest BCUT2D eigenvalue weighted by molar-refractivity contribution is 0.323. The van der Waals surface area contributed by atoms with Crippen LogP contribution in [-0.2, 0) is 0 Å². The van der Waals surface area contributed by atoms with Crippen molar-refractivity contribution in [3.05, 3.63) is 0 Å². The molecule has 2 aliphatic rings. The number of thiol groups is 1. The van der Waals surface area contributed by atoms with E-state index in [4.69, 9.17) is 0 Å². The standard InChI is InChI=1S/C17H32S/c18-17-12-11-16(14-17)13-15-9-7-5-3-1-2-4-6-8-10-15/h15-18H,1-14H2. The van der Waals surface area contributed by atoms with E-state index in [9.17, 15) is 0 Å². The molecule has 0 heterocycles. The van der Waals surface area contributed by atoms with Crippen LogP contribution in [0, 0.1) is 11.8 Å². The Morgan fingerprint density at radius 1 is 0.611 bits per heavy atom. The van der Waals surface area contributed by atoms with Crippen LogP contribution >= 0.6 is 12.6 Å². The predicted octanol–water partition coefficient (Wildman–Crippen LogP) is 6.01. The van der Waals surface area contributed by atoms with Gasteiger partial charge in [-0.1, -0.05) is 64.2 Å². The van der Waals surface area contributed by atoms with Crippen LogP contribution in [-0.4, -0.2) is 5.25 Å². The van der Waals surface area contributed by atoms with E-state index in [-0.39, 0.29) is 0 Å². The molecule has 2 aliphatic carbocycles. The highest BCUT2D eigenvalue weighted by atomic mass is 32.1. The summed E-state index contributed by atoms with van der Waals surface area (Å²) in [6.07, 6.45) is 20.8. The van der Waals surface area contributed by atoms with Gasteiger partial charge in [-0.05, 0) is 37.5 Å². The van der Waals surface area contributed by atoms with Gasteiger partial charge in [0, 0.05) is 5.25 Å². The van der Waals surface area contributed by atoms with Gasteiger partial charge < -0.3 is 0 Å². The van der Waals surface area contributed by atoms with E-state index >= 15 is 0 Å². The lowest BCUT2D eigenvalue weighted by Crippen LogP contribution is -2.08. The summed E-state index contributed by atoms with van der Waals surface area (Å²) in [7, 11) is 0. The SMILES string of the molecule is SC1CCC(CC2CCCCCCCCCC2)C1. The second-order valence-electron chi connectivity index (χ2n) is 6.84. The lowest BCUT2D eigenvalue weighted by atomic mass is 9.86. The molecule has 0 aromatic rings. The molecular weight excluding hydrogens is 236 g/mol. The van der Waals surface area contributed by atoms with Gasteiger partial charge in [0.15, 0.2) is 0 Å². The Morgan fingerprint density at radius 3 is 1.67 bits per heavy atom. The maximum absolute atomic E-state index is 4.65. The third-order valence-corrected chi connectivity index (χ3v) is 5.62.